The van der Waals surface area contributed by atoms with Crippen LogP contribution in [0.1, 0.15) is 24.3 Å². The Kier molecular flexibility index (Phi) is 3.24. The Balaban J connectivity index is 1.58. The lowest BCUT2D eigenvalue weighted by Gasteiger charge is -2.13. The van der Waals surface area contributed by atoms with Gasteiger partial charge in [0.1, 0.15) is 0 Å². The van der Waals surface area contributed by atoms with Crippen LogP contribution in [0.2, 0.25) is 0 Å². The molecule has 0 radical (unpaired) electrons. The summed E-state index contributed by atoms with van der Waals surface area (Å²) in [4.78, 5) is 16.3. The second kappa shape index (κ2) is 4.90. The summed E-state index contributed by atoms with van der Waals surface area (Å²) in [5, 5.41) is 13.1. The van der Waals surface area contributed by atoms with Gasteiger partial charge in [-0.05, 0) is 25.0 Å². The molecule has 2 N–H and O–H groups in total. The van der Waals surface area contributed by atoms with Crippen LogP contribution in [0, 0.1) is 0 Å². The zero-order valence-electron chi connectivity index (χ0n) is 10.6. The maximum Gasteiger partial charge on any atom is 0.220 e. The summed E-state index contributed by atoms with van der Waals surface area (Å²) >= 11 is 1.64. The molecule has 2 aromatic rings. The fourth-order valence-corrected chi connectivity index (χ4v) is 3.05. The number of hydrogen-bond donors (Lipinski definition) is 2. The van der Waals surface area contributed by atoms with Crippen LogP contribution in [0.3, 0.4) is 0 Å². The van der Waals surface area contributed by atoms with Gasteiger partial charge in [0.15, 0.2) is 0 Å². The molecule has 0 spiro atoms. The van der Waals surface area contributed by atoms with E-state index in [4.69, 9.17) is 5.11 Å². The lowest BCUT2D eigenvalue weighted by molar-refractivity contribution is -0.122. The second-order valence-electron chi connectivity index (χ2n) is 5.06. The third-order valence-corrected chi connectivity index (χ3v) is 4.56. The van der Waals surface area contributed by atoms with Gasteiger partial charge >= 0.3 is 0 Å². The van der Waals surface area contributed by atoms with Crippen LogP contribution in [0.15, 0.2) is 24.3 Å². The number of amides is 1. The molecule has 0 unspecified atom stereocenters. The van der Waals surface area contributed by atoms with Crippen LogP contribution in [0.25, 0.3) is 10.2 Å². The molecule has 4 nitrogen and oxygen atoms in total. The molecule has 19 heavy (non-hydrogen) atoms. The van der Waals surface area contributed by atoms with Crippen LogP contribution >= 0.6 is 11.3 Å². The van der Waals surface area contributed by atoms with Crippen LogP contribution < -0.4 is 5.32 Å². The number of aliphatic hydroxyl groups is 1. The smallest absolute Gasteiger partial charge is 0.220 e. The molecule has 1 aliphatic rings. The molecular weight excluding hydrogens is 260 g/mol. The van der Waals surface area contributed by atoms with E-state index in [1.807, 2.05) is 24.3 Å². The third-order valence-electron chi connectivity index (χ3n) is 3.46. The third kappa shape index (κ3) is 2.77. The highest BCUT2D eigenvalue weighted by atomic mass is 32.1. The Labute approximate surface area is 115 Å². The van der Waals surface area contributed by atoms with Crippen molar-refractivity contribution in [3.63, 3.8) is 0 Å². The molecule has 1 amide bonds. The highest BCUT2D eigenvalue weighted by Gasteiger charge is 2.43. The zero-order chi connectivity index (χ0) is 13.3. The van der Waals surface area contributed by atoms with Gasteiger partial charge in [0.05, 0.1) is 27.4 Å². The number of rotatable bonds is 5. The van der Waals surface area contributed by atoms with E-state index in [-0.39, 0.29) is 18.1 Å². The molecule has 1 heterocycles. The van der Waals surface area contributed by atoms with Gasteiger partial charge in [-0.25, -0.2) is 4.98 Å². The van der Waals surface area contributed by atoms with E-state index in [1.165, 1.54) is 0 Å². The average molecular weight is 276 g/mol. The molecule has 0 aliphatic heterocycles. The number of nitrogens with zero attached hydrogens (tertiary/aromatic N) is 1. The summed E-state index contributed by atoms with van der Waals surface area (Å²) in [6.45, 7) is 0.0415. The number of carbonyl (C=O) groups excluding carboxylic acids is 1. The topological polar surface area (TPSA) is 62.2 Å². The minimum Gasteiger partial charge on any atom is -0.394 e. The van der Waals surface area contributed by atoms with Crippen LogP contribution in [-0.2, 0) is 11.2 Å². The van der Waals surface area contributed by atoms with E-state index in [0.29, 0.717) is 12.8 Å². The van der Waals surface area contributed by atoms with Gasteiger partial charge in [0, 0.05) is 12.8 Å². The fourth-order valence-electron chi connectivity index (χ4n) is 2.08. The summed E-state index contributed by atoms with van der Waals surface area (Å²) in [5.41, 5.74) is 0.682. The first-order valence-corrected chi connectivity index (χ1v) is 7.29. The highest BCUT2D eigenvalue weighted by molar-refractivity contribution is 7.18. The summed E-state index contributed by atoms with van der Waals surface area (Å²) < 4.78 is 1.16. The minimum atomic E-state index is -0.315. The van der Waals surface area contributed by atoms with Crippen molar-refractivity contribution < 1.29 is 9.90 Å². The molecular formula is C14H16N2O2S. The Morgan fingerprint density at radius 3 is 2.89 bits per heavy atom. The van der Waals surface area contributed by atoms with E-state index in [2.05, 4.69) is 10.3 Å². The van der Waals surface area contributed by atoms with Gasteiger partial charge in [-0.15, -0.1) is 11.3 Å². The number of aliphatic hydroxyl groups excluding tert-OH is 1. The Morgan fingerprint density at radius 1 is 1.42 bits per heavy atom. The molecule has 0 saturated heterocycles. The molecule has 1 saturated carbocycles. The maximum atomic E-state index is 11.8. The summed E-state index contributed by atoms with van der Waals surface area (Å²) in [7, 11) is 0. The lowest BCUT2D eigenvalue weighted by atomic mass is 10.2. The summed E-state index contributed by atoms with van der Waals surface area (Å²) in [6.07, 6.45) is 2.86. The number of nitrogens with one attached hydrogen (secondary N) is 1. The number of fused-ring (bicyclic) bond motifs is 1. The first kappa shape index (κ1) is 12.6. The molecule has 100 valence electrons. The molecule has 0 bridgehead atoms. The average Bonchev–Trinajstić information content (AvgIpc) is 3.06. The summed E-state index contributed by atoms with van der Waals surface area (Å²) in [5.74, 6) is 0.00538. The SMILES string of the molecule is O=C(CCc1nc2ccccc2s1)NC1(CO)CC1. The summed E-state index contributed by atoms with van der Waals surface area (Å²) in [6, 6.07) is 7.99. The van der Waals surface area contributed by atoms with Crippen LogP contribution in [0.4, 0.5) is 0 Å². The van der Waals surface area contributed by atoms with Crippen molar-refractivity contribution in [2.75, 3.05) is 6.61 Å². The van der Waals surface area contributed by atoms with Crippen molar-refractivity contribution in [2.24, 2.45) is 0 Å². The maximum absolute atomic E-state index is 11.8. The Bertz CT molecular complexity index is 571. The molecule has 5 heteroatoms. The number of thiazole rings is 1. The monoisotopic (exact) mass is 276 g/mol. The van der Waals surface area contributed by atoms with Gasteiger partial charge in [0.2, 0.25) is 5.91 Å². The molecule has 1 aliphatic carbocycles. The number of para-hydroxylation sites is 1. The number of benzene rings is 1. The highest BCUT2D eigenvalue weighted by Crippen LogP contribution is 2.34. The van der Waals surface area contributed by atoms with E-state index >= 15 is 0 Å². The number of aromatic nitrogens is 1. The second-order valence-corrected chi connectivity index (χ2v) is 6.18. The van der Waals surface area contributed by atoms with Crippen molar-refractivity contribution in [2.45, 2.75) is 31.2 Å². The predicted octanol–water partition coefficient (Wildman–Crippen LogP) is 1.87. The van der Waals surface area contributed by atoms with Crippen molar-refractivity contribution in [3.05, 3.63) is 29.3 Å². The van der Waals surface area contributed by atoms with Gasteiger partial charge < -0.3 is 10.4 Å². The van der Waals surface area contributed by atoms with E-state index in [1.54, 1.807) is 11.3 Å². The zero-order valence-corrected chi connectivity index (χ0v) is 11.4. The van der Waals surface area contributed by atoms with Crippen molar-refractivity contribution in [1.82, 2.24) is 10.3 Å². The van der Waals surface area contributed by atoms with Crippen molar-refractivity contribution in [1.29, 1.82) is 0 Å². The molecule has 1 aromatic carbocycles. The van der Waals surface area contributed by atoms with Crippen molar-refractivity contribution >= 4 is 27.5 Å². The van der Waals surface area contributed by atoms with Gasteiger partial charge in [-0.1, -0.05) is 12.1 Å². The van der Waals surface area contributed by atoms with E-state index in [9.17, 15) is 4.79 Å². The standard InChI is InChI=1S/C14H16N2O2S/c17-9-14(7-8-14)16-12(18)5-6-13-15-10-3-1-2-4-11(10)19-13/h1-4,17H,5-9H2,(H,16,18). The predicted molar refractivity (Wildman–Crippen MR) is 75.1 cm³/mol. The normalized spacial score (nSPS) is 16.5. The molecule has 0 atom stereocenters. The van der Waals surface area contributed by atoms with Gasteiger partial charge in [-0.3, -0.25) is 4.79 Å². The van der Waals surface area contributed by atoms with E-state index in [0.717, 1.165) is 28.1 Å². The lowest BCUT2D eigenvalue weighted by Crippen LogP contribution is -2.39. The van der Waals surface area contributed by atoms with Crippen LogP contribution in [-0.4, -0.2) is 28.1 Å². The quantitative estimate of drug-likeness (QED) is 0.876. The Hall–Kier alpha value is -1.46. The Morgan fingerprint density at radius 2 is 2.21 bits per heavy atom. The first-order chi connectivity index (χ1) is 9.21. The van der Waals surface area contributed by atoms with Crippen molar-refractivity contribution in [3.8, 4) is 0 Å². The van der Waals surface area contributed by atoms with Gasteiger partial charge in [-0.2, -0.15) is 0 Å². The fraction of sp³-hybridized carbons (Fsp3) is 0.429. The van der Waals surface area contributed by atoms with E-state index < -0.39 is 0 Å². The number of carbonyl (C=O) groups is 1. The molecule has 3 rings (SSSR count). The number of aryl methyl sites for hydroxylation is 1. The van der Waals surface area contributed by atoms with Crippen LogP contribution in [0.5, 0.6) is 0 Å². The van der Waals surface area contributed by atoms with Gasteiger partial charge in [0.25, 0.3) is 0 Å². The molecule has 1 aromatic heterocycles. The first-order valence-electron chi connectivity index (χ1n) is 6.47. The minimum absolute atomic E-state index is 0.00538. The molecule has 1 fully saturated rings. The largest absolute Gasteiger partial charge is 0.394 e. The number of hydrogen-bond acceptors (Lipinski definition) is 4.